The van der Waals surface area contributed by atoms with Crippen LogP contribution in [0.1, 0.15) is 34.1 Å². The van der Waals surface area contributed by atoms with Gasteiger partial charge in [-0.05, 0) is 38.7 Å². The number of nitrogens with zero attached hydrogens (tertiary/aromatic N) is 2. The summed E-state index contributed by atoms with van der Waals surface area (Å²) in [7, 11) is -7.70. The number of carbonyl (C=O) groups is 1. The van der Waals surface area contributed by atoms with Gasteiger partial charge in [-0.3, -0.25) is 42.3 Å². The first-order valence-electron chi connectivity index (χ1n) is 16.4. The smallest absolute Gasteiger partial charge is 0.432 e. The van der Waals surface area contributed by atoms with E-state index in [1.54, 1.807) is 42.8 Å². The molecule has 4 unspecified atom stereocenters. The largest absolute Gasteiger partial charge is 0.513 e. The molecule has 0 aromatic carbocycles. The molecule has 0 aliphatic heterocycles. The van der Waals surface area contributed by atoms with Gasteiger partial charge in [0.2, 0.25) is 18.4 Å². The number of nitrogens with one attached hydrogen (secondary N) is 2. The highest BCUT2D eigenvalue weighted by Gasteiger charge is 2.27. The molecule has 55 heavy (non-hydrogen) atoms. The third-order valence-electron chi connectivity index (χ3n) is 5.56. The zero-order chi connectivity index (χ0) is 43.3. The van der Waals surface area contributed by atoms with Crippen LogP contribution in [0.25, 0.3) is 0 Å². The molecule has 0 amide bonds. The van der Waals surface area contributed by atoms with Gasteiger partial charge in [0.25, 0.3) is 11.1 Å². The second-order valence-corrected chi connectivity index (χ2v) is 15.7. The molecule has 2 rings (SSSR count). The van der Waals surface area contributed by atoms with E-state index in [2.05, 4.69) is 10.9 Å². The first-order chi connectivity index (χ1) is 26.3. The molecule has 0 fully saturated rings. The lowest BCUT2D eigenvalue weighted by Gasteiger charge is -2.17. The molecule has 2 aromatic rings. The Hall–Kier alpha value is -3.50. The number of rotatable bonds is 20. The minimum absolute atomic E-state index is 0.0755. The van der Waals surface area contributed by atoms with E-state index < -0.39 is 76.4 Å². The van der Waals surface area contributed by atoms with Gasteiger partial charge in [0.15, 0.2) is 6.66 Å². The average molecular weight is 869 g/mol. The van der Waals surface area contributed by atoms with E-state index in [-0.39, 0.29) is 32.0 Å². The van der Waals surface area contributed by atoms with Crippen LogP contribution in [-0.4, -0.2) is 83.1 Å². The molecule has 3 N–H and O–H groups in total. The van der Waals surface area contributed by atoms with Gasteiger partial charge in [-0.1, -0.05) is 34.7 Å². The Balaban J connectivity index is 0. The number of ether oxygens (including phenoxy) is 3. The van der Waals surface area contributed by atoms with Crippen LogP contribution in [0.2, 0.25) is 0 Å². The van der Waals surface area contributed by atoms with Gasteiger partial charge in [0, 0.05) is 26.3 Å². The van der Waals surface area contributed by atoms with Gasteiger partial charge in [-0.15, -0.1) is 6.58 Å². The Kier molecular flexibility index (Phi) is 27.0. The van der Waals surface area contributed by atoms with E-state index in [1.807, 2.05) is 16.9 Å². The van der Waals surface area contributed by atoms with Crippen LogP contribution in [0.15, 0.2) is 68.5 Å². The van der Waals surface area contributed by atoms with E-state index in [0.29, 0.717) is 19.6 Å². The molecule has 0 saturated heterocycles. The average Bonchev–Trinajstić information content (AvgIpc) is 3.10. The van der Waals surface area contributed by atoms with Crippen molar-refractivity contribution < 1.29 is 59.7 Å². The second-order valence-electron chi connectivity index (χ2n) is 10.4. The summed E-state index contributed by atoms with van der Waals surface area (Å²) in [5, 5.41) is 0. The van der Waals surface area contributed by atoms with Crippen molar-refractivity contribution in [2.75, 3.05) is 45.6 Å². The number of allylic oxidation sites excluding steroid dienone is 5. The van der Waals surface area contributed by atoms with Gasteiger partial charge in [-0.25, -0.2) is 14.4 Å². The summed E-state index contributed by atoms with van der Waals surface area (Å²) in [6.45, 7) is 11.9. The molecule has 4 atom stereocenters. The van der Waals surface area contributed by atoms with Crippen LogP contribution < -0.4 is 22.5 Å². The Bertz CT molecular complexity index is 1900. The normalized spacial score (nSPS) is 13.5. The van der Waals surface area contributed by atoms with E-state index in [4.69, 9.17) is 29.4 Å². The third-order valence-corrected chi connectivity index (χ3v) is 9.95. The molecule has 0 bridgehead atoms. The minimum Gasteiger partial charge on any atom is -0.432 e. The maximum Gasteiger partial charge on any atom is 0.513 e. The lowest BCUT2D eigenvalue weighted by molar-refractivity contribution is -0.0130. The molecule has 25 heteroatoms. The van der Waals surface area contributed by atoms with Gasteiger partial charge in [-0.2, -0.15) is 18.6 Å². The van der Waals surface area contributed by atoms with E-state index in [1.165, 1.54) is 24.9 Å². The standard InChI is InChI=1S/C18H28FN2O9P.C8H9FN2O2.C4H8O4P2.H3P/c1-4-26-9-7-10-28-31(25,29-13-27-18(24)30-14(2)3)11-6-5-8-21-12-15(19)16(22)20-17(21)23;1-2-3-4-11-5-6(9)7(12)10-8(11)13;1-3-4-10(6,7)8-9(2)5;/h5-6,12,14H,4,7-11,13H2,1-3H3,(H,20,22,23);2-3,5H,4H2,1H3,(H,10,12,13);3H,1,4H2,2H3;1H3/p+1/b6-5+;;;/i;;;1D. The second kappa shape index (κ2) is 28.8. The number of H-pyrrole nitrogens is 2. The molecule has 312 valence electrons. The van der Waals surface area contributed by atoms with Crippen molar-refractivity contribution in [1.29, 1.82) is 1.28 Å². The van der Waals surface area contributed by atoms with Crippen LogP contribution in [0.3, 0.4) is 0 Å². The summed E-state index contributed by atoms with van der Waals surface area (Å²) in [5.74, 6) is -2.06. The lowest BCUT2D eigenvalue weighted by Crippen LogP contribution is -2.31. The highest BCUT2D eigenvalue weighted by atomic mass is 31.2. The van der Waals surface area contributed by atoms with Crippen LogP contribution in [-0.2, 0) is 54.4 Å². The number of hydrogen-bond donors (Lipinski definition) is 3. The van der Waals surface area contributed by atoms with E-state index >= 15 is 0 Å². The number of hydrogen-bond acceptors (Lipinski definition) is 14. The quantitative estimate of drug-likeness (QED) is 0.0546. The highest BCUT2D eigenvalue weighted by Crippen LogP contribution is 2.49. The molecular formula is C30H49F2N4O15P4+. The van der Waals surface area contributed by atoms with Crippen molar-refractivity contribution in [1.82, 2.24) is 19.1 Å². The van der Waals surface area contributed by atoms with Gasteiger partial charge in [0.1, 0.15) is 0 Å². The molecule has 0 radical (unpaired) electrons. The Morgan fingerprint density at radius 3 is 2.02 bits per heavy atom. The van der Waals surface area contributed by atoms with Crippen LogP contribution >= 0.6 is 33.1 Å². The maximum atomic E-state index is 13.3. The molecule has 0 saturated carbocycles. The Morgan fingerprint density at radius 2 is 1.55 bits per heavy atom. The third kappa shape index (κ3) is 25.3. The summed E-state index contributed by atoms with van der Waals surface area (Å²) in [6.07, 6.45) is 7.87. The Labute approximate surface area is 320 Å². The fourth-order valence-electron chi connectivity index (χ4n) is 3.26. The zero-order valence-corrected chi connectivity index (χ0v) is 34.8. The van der Waals surface area contributed by atoms with E-state index in [9.17, 15) is 46.4 Å². The number of aromatic nitrogens is 4. The topological polar surface area (TPSA) is 254 Å². The molecule has 0 aliphatic carbocycles. The molecule has 0 spiro atoms. The van der Waals surface area contributed by atoms with Crippen molar-refractivity contribution >= 4 is 39.2 Å². The van der Waals surface area contributed by atoms with E-state index in [0.717, 1.165) is 21.5 Å². The molecule has 0 aliphatic rings. The fourth-order valence-corrected chi connectivity index (χ4v) is 6.60. The highest BCUT2D eigenvalue weighted by molar-refractivity contribution is 7.61. The molecule has 2 aromatic heterocycles. The lowest BCUT2D eigenvalue weighted by atomic mass is 10.5. The number of halogens is 2. The summed E-state index contributed by atoms with van der Waals surface area (Å²) >= 11 is 0. The minimum atomic E-state index is -3.70. The summed E-state index contributed by atoms with van der Waals surface area (Å²) < 4.78 is 96.9. The SMILES string of the molecule is C=CCP(=O)(O)O[P+](C)=O.CC=CCn1cc(F)c(=O)[nH]c1=O.CCOCCCOP(=O)(C/C=C/Cn1cc(F)c(=O)[nH]c1=O)OCOC(=O)OC(C)C.[2H]P. The van der Waals surface area contributed by atoms with Gasteiger partial charge >= 0.3 is 40.8 Å². The van der Waals surface area contributed by atoms with Crippen LogP contribution in [0.5, 0.6) is 0 Å². The summed E-state index contributed by atoms with van der Waals surface area (Å²) in [4.78, 5) is 68.1. The summed E-state index contributed by atoms with van der Waals surface area (Å²) in [6, 6.07) is 0. The zero-order valence-electron chi connectivity index (χ0n) is 31.9. The monoisotopic (exact) mass is 868 g/mol. The first-order valence-corrected chi connectivity index (χ1v) is 21.0. The van der Waals surface area contributed by atoms with Crippen LogP contribution in [0.4, 0.5) is 13.6 Å². The first kappa shape index (κ1) is 51.5. The summed E-state index contributed by atoms with van der Waals surface area (Å²) in [5.41, 5.74) is -3.49. The van der Waals surface area contributed by atoms with Crippen LogP contribution in [0, 0.1) is 11.6 Å². The van der Waals surface area contributed by atoms with Crippen molar-refractivity contribution in [2.45, 2.75) is 53.3 Å². The van der Waals surface area contributed by atoms with Crippen molar-refractivity contribution in [2.24, 2.45) is 0 Å². The van der Waals surface area contributed by atoms with Gasteiger partial charge in [0.05, 0.1) is 38.7 Å². The molecule has 19 nitrogen and oxygen atoms in total. The van der Waals surface area contributed by atoms with Gasteiger partial charge < -0.3 is 23.6 Å². The fraction of sp³-hybridized carbons (Fsp3) is 0.500. The Morgan fingerprint density at radius 1 is 1.00 bits per heavy atom. The predicted octanol–water partition coefficient (Wildman–Crippen LogP) is 4.46. The maximum absolute atomic E-state index is 13.3. The van der Waals surface area contributed by atoms with Crippen molar-refractivity contribution in [3.05, 3.63) is 103 Å². The van der Waals surface area contributed by atoms with Crippen molar-refractivity contribution in [3.8, 4) is 0 Å². The van der Waals surface area contributed by atoms with Crippen molar-refractivity contribution in [3.63, 3.8) is 0 Å². The number of aromatic amines is 2. The predicted molar refractivity (Wildman–Crippen MR) is 205 cm³/mol. The molecular weight excluding hydrogens is 818 g/mol. The molecule has 2 heterocycles. The number of carbonyl (C=O) groups excluding carboxylic acids is 1.